The summed E-state index contributed by atoms with van der Waals surface area (Å²) in [5, 5.41) is 0. The van der Waals surface area contributed by atoms with Crippen LogP contribution in [0.3, 0.4) is 0 Å². The molecule has 0 aromatic heterocycles. The van der Waals surface area contributed by atoms with Crippen LogP contribution in [-0.2, 0) is 0 Å². The molecule has 0 amide bonds. The smallest absolute Gasteiger partial charge is 0.00527 e. The lowest BCUT2D eigenvalue weighted by Gasteiger charge is -2.38. The van der Waals surface area contributed by atoms with Gasteiger partial charge in [0, 0.05) is 19.1 Å². The number of rotatable bonds is 8. The van der Waals surface area contributed by atoms with E-state index in [4.69, 9.17) is 5.73 Å². The number of nitrogens with zero attached hydrogens (tertiary/aromatic N) is 1. The van der Waals surface area contributed by atoms with Crippen molar-refractivity contribution in [1.29, 1.82) is 0 Å². The predicted molar refractivity (Wildman–Crippen MR) is 71.5 cm³/mol. The summed E-state index contributed by atoms with van der Waals surface area (Å²) < 4.78 is 0. The lowest BCUT2D eigenvalue weighted by molar-refractivity contribution is 0.112. The molecule has 2 heteroatoms. The van der Waals surface area contributed by atoms with Crippen molar-refractivity contribution in [2.75, 3.05) is 19.6 Å². The maximum absolute atomic E-state index is 6.00. The summed E-state index contributed by atoms with van der Waals surface area (Å²) in [6, 6.07) is 0.657. The molecule has 0 radical (unpaired) electrons. The van der Waals surface area contributed by atoms with E-state index in [0.29, 0.717) is 11.5 Å². The highest BCUT2D eigenvalue weighted by atomic mass is 15.2. The molecule has 0 aromatic carbocycles. The minimum atomic E-state index is 0.346. The second kappa shape index (κ2) is 6.02. The summed E-state index contributed by atoms with van der Waals surface area (Å²) >= 11 is 0. The predicted octanol–water partition coefficient (Wildman–Crippen LogP) is 2.87. The number of hydrogen-bond donors (Lipinski definition) is 1. The molecule has 1 aliphatic carbocycles. The van der Waals surface area contributed by atoms with Gasteiger partial charge in [-0.15, -0.1) is 0 Å². The third-order valence-corrected chi connectivity index (χ3v) is 4.39. The van der Waals surface area contributed by atoms with Crippen LogP contribution in [0.25, 0.3) is 0 Å². The average molecular weight is 226 g/mol. The molecule has 1 aliphatic rings. The molecular weight excluding hydrogens is 196 g/mol. The molecule has 2 N–H and O–H groups in total. The highest BCUT2D eigenvalue weighted by Gasteiger charge is 2.31. The summed E-state index contributed by atoms with van der Waals surface area (Å²) in [6.07, 6.45) is 5.29. The molecule has 2 nitrogen and oxygen atoms in total. The van der Waals surface area contributed by atoms with Crippen molar-refractivity contribution in [3.05, 3.63) is 0 Å². The van der Waals surface area contributed by atoms with Crippen LogP contribution in [0.5, 0.6) is 0 Å². The Balaban J connectivity index is 2.55. The summed E-state index contributed by atoms with van der Waals surface area (Å²) in [4.78, 5) is 2.65. The SMILES string of the molecule is CCC(CC)(CN)CN(CC1CC1)C(C)C. The summed E-state index contributed by atoms with van der Waals surface area (Å²) in [5.41, 5.74) is 6.34. The topological polar surface area (TPSA) is 29.3 Å². The highest BCUT2D eigenvalue weighted by Crippen LogP contribution is 2.33. The average Bonchev–Trinajstić information content (AvgIpc) is 3.08. The van der Waals surface area contributed by atoms with Crippen LogP contribution in [0.2, 0.25) is 0 Å². The van der Waals surface area contributed by atoms with Crippen molar-refractivity contribution in [2.45, 2.75) is 59.4 Å². The maximum Gasteiger partial charge on any atom is 0.00527 e. The van der Waals surface area contributed by atoms with Crippen LogP contribution in [0.15, 0.2) is 0 Å². The van der Waals surface area contributed by atoms with Crippen LogP contribution in [0.1, 0.15) is 53.4 Å². The van der Waals surface area contributed by atoms with Gasteiger partial charge in [-0.25, -0.2) is 0 Å². The van der Waals surface area contributed by atoms with Crippen molar-refractivity contribution >= 4 is 0 Å². The molecule has 0 aromatic rings. The number of nitrogens with two attached hydrogens (primary N) is 1. The zero-order chi connectivity index (χ0) is 12.2. The third kappa shape index (κ3) is 3.74. The molecule has 0 atom stereocenters. The Morgan fingerprint density at radius 1 is 1.25 bits per heavy atom. The quantitative estimate of drug-likeness (QED) is 0.689. The number of hydrogen-bond acceptors (Lipinski definition) is 2. The van der Waals surface area contributed by atoms with E-state index in [1.165, 1.54) is 38.8 Å². The standard InChI is InChI=1S/C14H30N2/c1-5-14(6-2,10-15)11-16(12(3)4)9-13-7-8-13/h12-13H,5-11,15H2,1-4H3. The van der Waals surface area contributed by atoms with E-state index in [9.17, 15) is 0 Å². The van der Waals surface area contributed by atoms with Gasteiger partial charge in [0.1, 0.15) is 0 Å². The monoisotopic (exact) mass is 226 g/mol. The third-order valence-electron chi connectivity index (χ3n) is 4.39. The zero-order valence-corrected chi connectivity index (χ0v) is 11.6. The molecule has 0 heterocycles. The minimum absolute atomic E-state index is 0.346. The lowest BCUT2D eigenvalue weighted by Crippen LogP contribution is -2.45. The molecule has 0 unspecified atom stereocenters. The molecule has 0 saturated heterocycles. The van der Waals surface area contributed by atoms with Gasteiger partial charge in [-0.05, 0) is 57.4 Å². The van der Waals surface area contributed by atoms with E-state index in [1.807, 2.05) is 0 Å². The molecule has 0 aliphatic heterocycles. The second-order valence-electron chi connectivity index (χ2n) is 5.88. The van der Waals surface area contributed by atoms with Crippen molar-refractivity contribution in [3.63, 3.8) is 0 Å². The van der Waals surface area contributed by atoms with Gasteiger partial charge in [-0.1, -0.05) is 13.8 Å². The van der Waals surface area contributed by atoms with Crippen LogP contribution in [0.4, 0.5) is 0 Å². The van der Waals surface area contributed by atoms with Crippen molar-refractivity contribution < 1.29 is 0 Å². The van der Waals surface area contributed by atoms with E-state index in [1.54, 1.807) is 0 Å². The van der Waals surface area contributed by atoms with Crippen LogP contribution < -0.4 is 5.73 Å². The summed E-state index contributed by atoms with van der Waals surface area (Å²) in [5.74, 6) is 0.978. The molecule has 16 heavy (non-hydrogen) atoms. The summed E-state index contributed by atoms with van der Waals surface area (Å²) in [6.45, 7) is 12.5. The minimum Gasteiger partial charge on any atom is -0.330 e. The van der Waals surface area contributed by atoms with E-state index in [2.05, 4.69) is 32.6 Å². The Kier molecular flexibility index (Phi) is 5.26. The first-order valence-electron chi connectivity index (χ1n) is 7.01. The van der Waals surface area contributed by atoms with E-state index < -0.39 is 0 Å². The molecule has 1 rings (SSSR count). The van der Waals surface area contributed by atoms with Gasteiger partial charge in [0.05, 0.1) is 0 Å². The molecule has 0 spiro atoms. The first-order valence-corrected chi connectivity index (χ1v) is 7.01. The molecule has 1 saturated carbocycles. The van der Waals surface area contributed by atoms with Gasteiger partial charge < -0.3 is 10.6 Å². The molecule has 1 fully saturated rings. The second-order valence-corrected chi connectivity index (χ2v) is 5.88. The van der Waals surface area contributed by atoms with Gasteiger partial charge in [-0.3, -0.25) is 0 Å². The van der Waals surface area contributed by atoms with Gasteiger partial charge in [0.25, 0.3) is 0 Å². The van der Waals surface area contributed by atoms with Crippen LogP contribution >= 0.6 is 0 Å². The van der Waals surface area contributed by atoms with Gasteiger partial charge >= 0.3 is 0 Å². The highest BCUT2D eigenvalue weighted by molar-refractivity contribution is 4.86. The van der Waals surface area contributed by atoms with Crippen LogP contribution in [-0.4, -0.2) is 30.6 Å². The fourth-order valence-corrected chi connectivity index (χ4v) is 2.35. The lowest BCUT2D eigenvalue weighted by atomic mass is 9.81. The zero-order valence-electron chi connectivity index (χ0n) is 11.6. The Bertz CT molecular complexity index is 185. The Morgan fingerprint density at radius 2 is 1.81 bits per heavy atom. The van der Waals surface area contributed by atoms with Crippen LogP contribution in [0, 0.1) is 11.3 Å². The Labute approximate surface area is 102 Å². The Hall–Kier alpha value is -0.0800. The molecular formula is C14H30N2. The Morgan fingerprint density at radius 3 is 2.12 bits per heavy atom. The fraction of sp³-hybridized carbons (Fsp3) is 1.00. The van der Waals surface area contributed by atoms with Crippen molar-refractivity contribution in [2.24, 2.45) is 17.1 Å². The summed E-state index contributed by atoms with van der Waals surface area (Å²) in [7, 11) is 0. The normalized spacial score (nSPS) is 17.4. The molecule has 96 valence electrons. The van der Waals surface area contributed by atoms with E-state index in [-0.39, 0.29) is 0 Å². The van der Waals surface area contributed by atoms with Gasteiger partial charge in [0.2, 0.25) is 0 Å². The fourth-order valence-electron chi connectivity index (χ4n) is 2.35. The van der Waals surface area contributed by atoms with Crippen molar-refractivity contribution in [3.8, 4) is 0 Å². The first-order chi connectivity index (χ1) is 7.56. The molecule has 0 bridgehead atoms. The van der Waals surface area contributed by atoms with Crippen molar-refractivity contribution in [1.82, 2.24) is 4.90 Å². The van der Waals surface area contributed by atoms with Gasteiger partial charge in [0.15, 0.2) is 0 Å². The largest absolute Gasteiger partial charge is 0.330 e. The van der Waals surface area contributed by atoms with Gasteiger partial charge in [-0.2, -0.15) is 0 Å². The maximum atomic E-state index is 6.00. The first kappa shape index (κ1) is 14.0. The van der Waals surface area contributed by atoms with E-state index in [0.717, 1.165) is 12.5 Å². The van der Waals surface area contributed by atoms with E-state index >= 15 is 0 Å².